The van der Waals surface area contributed by atoms with Gasteiger partial charge in [-0.05, 0) is 44.6 Å². The van der Waals surface area contributed by atoms with Crippen molar-refractivity contribution in [2.45, 2.75) is 49.3 Å². The number of hydrogen-bond donors (Lipinski definition) is 0. The average molecular weight is 434 g/mol. The van der Waals surface area contributed by atoms with E-state index in [4.69, 9.17) is 9.72 Å². The van der Waals surface area contributed by atoms with Gasteiger partial charge in [-0.3, -0.25) is 0 Å². The topological polar surface area (TPSA) is 78.9 Å². The first-order valence-corrected chi connectivity index (χ1v) is 12.9. The Labute approximate surface area is 178 Å². The predicted octanol–water partition coefficient (Wildman–Crippen LogP) is 0.975. The highest BCUT2D eigenvalue weighted by atomic mass is 32.2. The molecule has 0 N–H and O–H groups in total. The van der Waals surface area contributed by atoms with Crippen molar-refractivity contribution < 1.29 is 13.2 Å². The van der Waals surface area contributed by atoms with Crippen LogP contribution in [0, 0.1) is 5.92 Å². The van der Waals surface area contributed by atoms with Crippen molar-refractivity contribution in [2.24, 2.45) is 5.92 Å². The van der Waals surface area contributed by atoms with Gasteiger partial charge >= 0.3 is 0 Å². The zero-order chi connectivity index (χ0) is 20.3. The van der Waals surface area contributed by atoms with E-state index in [1.165, 1.54) is 12.8 Å². The molecule has 1 aromatic rings. The van der Waals surface area contributed by atoms with Gasteiger partial charge in [-0.15, -0.1) is 0 Å². The molecular formula is C21H31N5O3S. The van der Waals surface area contributed by atoms with Crippen molar-refractivity contribution in [3.05, 3.63) is 17.5 Å². The molecule has 0 aromatic carbocycles. The summed E-state index contributed by atoms with van der Waals surface area (Å²) in [5.41, 5.74) is 1.88. The second-order valence-corrected chi connectivity index (χ2v) is 12.1. The number of hydrogen-bond acceptors (Lipinski definition) is 7. The van der Waals surface area contributed by atoms with Gasteiger partial charge in [-0.2, -0.15) is 4.31 Å². The molecule has 0 amide bonds. The molecule has 1 atom stereocenters. The monoisotopic (exact) mass is 433 g/mol. The molecule has 0 unspecified atom stereocenters. The van der Waals surface area contributed by atoms with Gasteiger partial charge in [0.2, 0.25) is 16.0 Å². The number of rotatable bonds is 5. The van der Waals surface area contributed by atoms with E-state index in [1.807, 2.05) is 6.20 Å². The lowest BCUT2D eigenvalue weighted by atomic mass is 9.79. The van der Waals surface area contributed by atoms with Gasteiger partial charge in [-0.25, -0.2) is 18.4 Å². The van der Waals surface area contributed by atoms with Crippen LogP contribution in [0.4, 0.5) is 5.95 Å². The van der Waals surface area contributed by atoms with Crippen LogP contribution in [0.1, 0.15) is 43.4 Å². The normalized spacial score (nSPS) is 30.7. The minimum Gasteiger partial charge on any atom is -0.378 e. The van der Waals surface area contributed by atoms with E-state index in [0.29, 0.717) is 26.3 Å². The van der Waals surface area contributed by atoms with Crippen LogP contribution in [0.5, 0.6) is 0 Å². The van der Waals surface area contributed by atoms with Crippen molar-refractivity contribution in [1.29, 1.82) is 0 Å². The van der Waals surface area contributed by atoms with E-state index in [1.54, 1.807) is 4.31 Å². The fraction of sp³-hybridized carbons (Fsp3) is 0.810. The summed E-state index contributed by atoms with van der Waals surface area (Å²) < 4.78 is 33.5. The molecule has 0 radical (unpaired) electrons. The standard InChI is InChI=1S/C21H31N5O3S/c27-30(28,18-3-4-18)26-13-17-11-22-20(25-7-9-29-10-8-25)23-19(17)21(15-26)5-6-24(14-21)12-16-1-2-16/h11,16,18H,1-10,12-15H2/t21-/m0/s1. The number of nitrogens with zero attached hydrogens (tertiary/aromatic N) is 5. The largest absolute Gasteiger partial charge is 0.378 e. The zero-order valence-electron chi connectivity index (χ0n) is 17.5. The molecule has 4 fully saturated rings. The quantitative estimate of drug-likeness (QED) is 0.685. The van der Waals surface area contributed by atoms with Gasteiger partial charge in [-0.1, -0.05) is 0 Å². The van der Waals surface area contributed by atoms with Gasteiger partial charge in [0.15, 0.2) is 0 Å². The number of aromatic nitrogens is 2. The third-order valence-corrected chi connectivity index (χ3v) is 9.72. The molecule has 6 rings (SSSR count). The van der Waals surface area contributed by atoms with Crippen LogP contribution in [0.3, 0.4) is 0 Å². The summed E-state index contributed by atoms with van der Waals surface area (Å²) in [6.45, 7) is 7.10. The Kier molecular flexibility index (Phi) is 4.60. The van der Waals surface area contributed by atoms with E-state index in [9.17, 15) is 8.42 Å². The highest BCUT2D eigenvalue weighted by molar-refractivity contribution is 7.90. The number of sulfonamides is 1. The molecule has 30 heavy (non-hydrogen) atoms. The zero-order valence-corrected chi connectivity index (χ0v) is 18.3. The van der Waals surface area contributed by atoms with Crippen LogP contribution < -0.4 is 4.90 Å². The molecule has 9 heteroatoms. The third-order valence-electron chi connectivity index (χ3n) is 7.43. The Morgan fingerprint density at radius 3 is 2.63 bits per heavy atom. The summed E-state index contributed by atoms with van der Waals surface area (Å²) >= 11 is 0. The number of ether oxygens (including phenoxy) is 1. The lowest BCUT2D eigenvalue weighted by Gasteiger charge is -2.41. The highest BCUT2D eigenvalue weighted by Crippen LogP contribution is 2.44. The molecular weight excluding hydrogens is 402 g/mol. The maximum atomic E-state index is 13.1. The van der Waals surface area contributed by atoms with Gasteiger partial charge in [0.25, 0.3) is 0 Å². The first-order chi connectivity index (χ1) is 14.5. The predicted molar refractivity (Wildman–Crippen MR) is 113 cm³/mol. The van der Waals surface area contributed by atoms with Crippen molar-refractivity contribution in [3.63, 3.8) is 0 Å². The molecule has 8 nitrogen and oxygen atoms in total. The van der Waals surface area contributed by atoms with E-state index >= 15 is 0 Å². The van der Waals surface area contributed by atoms with E-state index in [2.05, 4.69) is 14.8 Å². The molecule has 3 aliphatic heterocycles. The Bertz CT molecular complexity index is 927. The Morgan fingerprint density at radius 2 is 1.90 bits per heavy atom. The van der Waals surface area contributed by atoms with Crippen molar-refractivity contribution in [2.75, 3.05) is 57.4 Å². The number of likely N-dealkylation sites (tertiary alicyclic amines) is 1. The van der Waals surface area contributed by atoms with Gasteiger partial charge in [0, 0.05) is 56.4 Å². The van der Waals surface area contributed by atoms with E-state index in [0.717, 1.165) is 75.1 Å². The van der Waals surface area contributed by atoms with Crippen LogP contribution in [0.25, 0.3) is 0 Å². The number of anilines is 1. The summed E-state index contributed by atoms with van der Waals surface area (Å²) in [5.74, 6) is 1.61. The summed E-state index contributed by atoms with van der Waals surface area (Å²) in [5, 5.41) is -0.173. The van der Waals surface area contributed by atoms with Crippen LogP contribution >= 0.6 is 0 Å². The van der Waals surface area contributed by atoms with Crippen LogP contribution in [-0.4, -0.2) is 85.3 Å². The number of morpholine rings is 1. The second kappa shape index (κ2) is 7.12. The molecule has 4 heterocycles. The Balaban J connectivity index is 1.35. The fourth-order valence-corrected chi connectivity index (χ4v) is 7.30. The van der Waals surface area contributed by atoms with Crippen molar-refractivity contribution in [3.8, 4) is 0 Å². The van der Waals surface area contributed by atoms with E-state index < -0.39 is 10.0 Å². The molecule has 1 spiro atoms. The van der Waals surface area contributed by atoms with Crippen molar-refractivity contribution in [1.82, 2.24) is 19.2 Å². The highest BCUT2D eigenvalue weighted by Gasteiger charge is 2.51. The first kappa shape index (κ1) is 19.4. The molecule has 2 aliphatic carbocycles. The van der Waals surface area contributed by atoms with Crippen LogP contribution in [0.15, 0.2) is 6.20 Å². The van der Waals surface area contributed by atoms with Crippen LogP contribution in [-0.2, 0) is 26.7 Å². The van der Waals surface area contributed by atoms with Crippen molar-refractivity contribution >= 4 is 16.0 Å². The minimum atomic E-state index is -3.22. The van der Waals surface area contributed by atoms with E-state index in [-0.39, 0.29) is 10.7 Å². The SMILES string of the molecule is O=S(=O)(C1CC1)N1Cc2cnc(N3CCOCC3)nc2[C@]2(CCN(CC3CC3)C2)C1. The Morgan fingerprint density at radius 1 is 1.10 bits per heavy atom. The molecule has 1 aromatic heterocycles. The van der Waals surface area contributed by atoms with Gasteiger partial charge in [0.1, 0.15) is 0 Å². The molecule has 2 saturated heterocycles. The van der Waals surface area contributed by atoms with Crippen LogP contribution in [0.2, 0.25) is 0 Å². The maximum absolute atomic E-state index is 13.1. The summed E-state index contributed by atoms with van der Waals surface area (Å²) in [6.07, 6.45) is 7.16. The van der Waals surface area contributed by atoms with Gasteiger partial charge in [0.05, 0.1) is 24.2 Å². The Hall–Kier alpha value is -1.29. The molecule has 164 valence electrons. The summed E-state index contributed by atoms with van der Waals surface area (Å²) in [7, 11) is -3.22. The smallest absolute Gasteiger partial charge is 0.225 e. The average Bonchev–Trinajstić information content (AvgIpc) is 3.68. The molecule has 2 saturated carbocycles. The minimum absolute atomic E-state index is 0.173. The molecule has 0 bridgehead atoms. The molecule has 5 aliphatic rings. The number of fused-ring (bicyclic) bond motifs is 2. The lowest BCUT2D eigenvalue weighted by molar-refractivity contribution is 0.122. The lowest BCUT2D eigenvalue weighted by Crippen LogP contribution is -2.51. The van der Waals surface area contributed by atoms with Gasteiger partial charge < -0.3 is 14.5 Å². The fourth-order valence-electron chi connectivity index (χ4n) is 5.41. The summed E-state index contributed by atoms with van der Waals surface area (Å²) in [4.78, 5) is 14.5. The third kappa shape index (κ3) is 3.43. The first-order valence-electron chi connectivity index (χ1n) is 11.4. The summed E-state index contributed by atoms with van der Waals surface area (Å²) in [6, 6.07) is 0. The second-order valence-electron chi connectivity index (χ2n) is 9.86. The maximum Gasteiger partial charge on any atom is 0.225 e.